The fourth-order valence-corrected chi connectivity index (χ4v) is 2.90. The first kappa shape index (κ1) is 17.2. The molecule has 0 saturated carbocycles. The second kappa shape index (κ2) is 6.56. The molecule has 11 heteroatoms. The van der Waals surface area contributed by atoms with Crippen molar-refractivity contribution in [2.75, 3.05) is 0 Å². The van der Waals surface area contributed by atoms with Gasteiger partial charge in [-0.1, -0.05) is 11.8 Å². The maximum atomic E-state index is 11.5. The molecule has 0 radical (unpaired) electrons. The molecule has 2 heterocycles. The number of non-ortho nitro benzene ring substituents is 1. The third-order valence-corrected chi connectivity index (χ3v) is 4.09. The van der Waals surface area contributed by atoms with E-state index in [1.165, 1.54) is 23.9 Å². The zero-order valence-electron chi connectivity index (χ0n) is 11.5. The van der Waals surface area contributed by atoms with E-state index in [0.29, 0.717) is 11.1 Å². The van der Waals surface area contributed by atoms with Crippen LogP contribution in [0.1, 0.15) is 5.56 Å². The maximum absolute atomic E-state index is 11.5. The molecule has 1 unspecified atom stereocenters. The molecule has 1 aromatic heterocycles. The Balaban J connectivity index is 0.00000192. The fourth-order valence-electron chi connectivity index (χ4n) is 2.21. The molecule has 0 saturated heterocycles. The van der Waals surface area contributed by atoms with Gasteiger partial charge in [-0.2, -0.15) is 0 Å². The highest BCUT2D eigenvalue weighted by Gasteiger charge is 2.19. The normalized spacial score (nSPS) is 16.6. The lowest BCUT2D eigenvalue weighted by molar-refractivity contribution is -0.384. The number of thioether (sulfide) groups is 1. The summed E-state index contributed by atoms with van der Waals surface area (Å²) in [5.74, 6) is 0. The first-order valence-electron chi connectivity index (χ1n) is 6.23. The number of aromatic nitrogens is 2. The molecular formula is C12H12BrN5O4S. The Morgan fingerprint density at radius 2 is 2.00 bits per heavy atom. The standard InChI is InChI=1S/C12H11N5O4S.BrH/c13-12-16(1-2-22-12)5-6-3-7(17(20)21)4-8-9(6)15-11(19)10(18)14-8;/h1-4,12H,5,13H2,(H,14,18)(H,15,19);1H. The molecule has 0 fully saturated rings. The van der Waals surface area contributed by atoms with Crippen LogP contribution in [0.25, 0.3) is 11.0 Å². The number of hydrogen-bond donors (Lipinski definition) is 3. The zero-order chi connectivity index (χ0) is 15.9. The lowest BCUT2D eigenvalue weighted by Crippen LogP contribution is -2.33. The van der Waals surface area contributed by atoms with Crippen molar-refractivity contribution in [2.24, 2.45) is 5.73 Å². The van der Waals surface area contributed by atoms with Gasteiger partial charge >= 0.3 is 11.1 Å². The number of nitrogens with one attached hydrogen (secondary N) is 2. The molecule has 1 aliphatic heterocycles. The number of H-pyrrole nitrogens is 2. The van der Waals surface area contributed by atoms with Gasteiger partial charge in [-0.25, -0.2) is 0 Å². The number of fused-ring (bicyclic) bond motifs is 1. The average Bonchev–Trinajstić information content (AvgIpc) is 2.86. The highest BCUT2D eigenvalue weighted by atomic mass is 79.9. The van der Waals surface area contributed by atoms with Crippen LogP contribution in [0.5, 0.6) is 0 Å². The van der Waals surface area contributed by atoms with E-state index in [4.69, 9.17) is 5.73 Å². The largest absolute Gasteiger partial charge is 0.349 e. The van der Waals surface area contributed by atoms with Gasteiger partial charge < -0.3 is 20.6 Å². The molecule has 2 aromatic rings. The van der Waals surface area contributed by atoms with Crippen LogP contribution in [0.2, 0.25) is 0 Å². The van der Waals surface area contributed by atoms with Crippen LogP contribution in [0.4, 0.5) is 5.69 Å². The minimum atomic E-state index is -0.854. The summed E-state index contributed by atoms with van der Waals surface area (Å²) in [6.07, 6.45) is 1.77. The predicted octanol–water partition coefficient (Wildman–Crippen LogP) is 0.965. The average molecular weight is 402 g/mol. The summed E-state index contributed by atoms with van der Waals surface area (Å²) in [6.45, 7) is 0.269. The van der Waals surface area contributed by atoms with Crippen LogP contribution in [0.15, 0.2) is 33.3 Å². The molecule has 0 amide bonds. The summed E-state index contributed by atoms with van der Waals surface area (Å²) in [4.78, 5) is 40.0. The summed E-state index contributed by atoms with van der Waals surface area (Å²) >= 11 is 1.41. The minimum Gasteiger partial charge on any atom is -0.349 e. The molecule has 0 aliphatic carbocycles. The molecule has 4 N–H and O–H groups in total. The van der Waals surface area contributed by atoms with Gasteiger partial charge in [0, 0.05) is 30.4 Å². The van der Waals surface area contributed by atoms with E-state index >= 15 is 0 Å². The molecule has 1 atom stereocenters. The summed E-state index contributed by atoms with van der Waals surface area (Å²) in [6, 6.07) is 2.57. The van der Waals surface area contributed by atoms with Gasteiger partial charge in [0.15, 0.2) is 0 Å². The van der Waals surface area contributed by atoms with E-state index in [1.807, 2.05) is 5.41 Å². The second-order valence-electron chi connectivity index (χ2n) is 4.68. The Morgan fingerprint density at radius 1 is 1.30 bits per heavy atom. The minimum absolute atomic E-state index is 0. The summed E-state index contributed by atoms with van der Waals surface area (Å²) in [7, 11) is 0. The highest BCUT2D eigenvalue weighted by Crippen LogP contribution is 2.27. The Kier molecular flexibility index (Phi) is 4.92. The van der Waals surface area contributed by atoms with Crippen molar-refractivity contribution in [1.82, 2.24) is 14.9 Å². The molecule has 122 valence electrons. The highest BCUT2D eigenvalue weighted by molar-refractivity contribution is 8.93. The molecule has 3 rings (SSSR count). The summed E-state index contributed by atoms with van der Waals surface area (Å²) in [5, 5.41) is 12.8. The number of nitro groups is 1. The van der Waals surface area contributed by atoms with E-state index in [0.717, 1.165) is 0 Å². The Bertz CT molecular complexity index is 908. The van der Waals surface area contributed by atoms with E-state index in [2.05, 4.69) is 9.97 Å². The van der Waals surface area contributed by atoms with Crippen LogP contribution in [0, 0.1) is 10.1 Å². The first-order chi connectivity index (χ1) is 10.5. The number of nitro benzene ring substituents is 1. The Labute approximate surface area is 143 Å². The van der Waals surface area contributed by atoms with Crippen molar-refractivity contribution >= 4 is 45.5 Å². The van der Waals surface area contributed by atoms with Crippen LogP contribution < -0.4 is 16.9 Å². The van der Waals surface area contributed by atoms with E-state index < -0.39 is 16.0 Å². The number of halogens is 1. The van der Waals surface area contributed by atoms with Gasteiger partial charge in [-0.05, 0) is 5.41 Å². The van der Waals surface area contributed by atoms with Crippen molar-refractivity contribution in [3.63, 3.8) is 0 Å². The van der Waals surface area contributed by atoms with Gasteiger partial charge in [0.05, 0.1) is 16.0 Å². The van der Waals surface area contributed by atoms with E-state index in [1.54, 1.807) is 11.1 Å². The van der Waals surface area contributed by atoms with E-state index in [-0.39, 0.29) is 40.2 Å². The fraction of sp³-hybridized carbons (Fsp3) is 0.167. The van der Waals surface area contributed by atoms with Crippen molar-refractivity contribution < 1.29 is 4.92 Å². The van der Waals surface area contributed by atoms with Crippen molar-refractivity contribution in [3.8, 4) is 0 Å². The molecule has 1 aliphatic rings. The smallest absolute Gasteiger partial charge is 0.314 e. The van der Waals surface area contributed by atoms with Gasteiger partial charge in [-0.15, -0.1) is 17.0 Å². The van der Waals surface area contributed by atoms with Crippen LogP contribution in [0.3, 0.4) is 0 Å². The maximum Gasteiger partial charge on any atom is 0.314 e. The molecule has 9 nitrogen and oxygen atoms in total. The number of aromatic amines is 2. The second-order valence-corrected chi connectivity index (χ2v) is 5.70. The lowest BCUT2D eigenvalue weighted by Gasteiger charge is -2.21. The summed E-state index contributed by atoms with van der Waals surface area (Å²) in [5.41, 5.74) is 4.81. The summed E-state index contributed by atoms with van der Waals surface area (Å²) < 4.78 is 0. The third kappa shape index (κ3) is 3.30. The molecule has 0 spiro atoms. The van der Waals surface area contributed by atoms with Gasteiger partial charge in [-0.3, -0.25) is 19.7 Å². The number of benzene rings is 1. The van der Waals surface area contributed by atoms with Crippen molar-refractivity contribution in [2.45, 2.75) is 12.0 Å². The van der Waals surface area contributed by atoms with Crippen LogP contribution >= 0.6 is 28.7 Å². The number of nitrogens with two attached hydrogens (primary N) is 1. The first-order valence-corrected chi connectivity index (χ1v) is 7.17. The van der Waals surface area contributed by atoms with Crippen molar-refractivity contribution in [3.05, 3.63) is 60.1 Å². The number of nitrogens with zero attached hydrogens (tertiary/aromatic N) is 2. The van der Waals surface area contributed by atoms with Gasteiger partial charge in [0.25, 0.3) is 5.69 Å². The molecular weight excluding hydrogens is 390 g/mol. The zero-order valence-corrected chi connectivity index (χ0v) is 14.0. The Hall–Kier alpha value is -2.11. The predicted molar refractivity (Wildman–Crippen MR) is 92.4 cm³/mol. The molecule has 23 heavy (non-hydrogen) atoms. The molecule has 1 aromatic carbocycles. The SMILES string of the molecule is Br.NC1SC=CN1Cc1cc([N+](=O)[O-])cc2[nH]c(=O)c(=O)[nH]c12. The number of rotatable bonds is 3. The third-order valence-electron chi connectivity index (χ3n) is 3.26. The van der Waals surface area contributed by atoms with Gasteiger partial charge in [0.2, 0.25) is 0 Å². The van der Waals surface area contributed by atoms with Crippen LogP contribution in [-0.2, 0) is 6.54 Å². The van der Waals surface area contributed by atoms with Crippen molar-refractivity contribution in [1.29, 1.82) is 0 Å². The van der Waals surface area contributed by atoms with Gasteiger partial charge in [0.1, 0.15) is 5.50 Å². The topological polar surface area (TPSA) is 138 Å². The Morgan fingerprint density at radius 3 is 2.61 bits per heavy atom. The quantitative estimate of drug-likeness (QED) is 0.395. The molecule has 0 bridgehead atoms. The van der Waals surface area contributed by atoms with E-state index in [9.17, 15) is 19.7 Å². The number of hydrogen-bond acceptors (Lipinski definition) is 7. The van der Waals surface area contributed by atoms with Crippen LogP contribution in [-0.4, -0.2) is 25.3 Å². The monoisotopic (exact) mass is 401 g/mol. The lowest BCUT2D eigenvalue weighted by atomic mass is 10.1.